The third-order valence-electron chi connectivity index (χ3n) is 18.1. The molecule has 0 spiro atoms. The van der Waals surface area contributed by atoms with Crippen molar-refractivity contribution in [2.24, 2.45) is 0 Å². The molecule has 0 saturated heterocycles. The monoisotopic (exact) mass is 939 g/mol. The summed E-state index contributed by atoms with van der Waals surface area (Å²) in [5.74, 6) is 1.86. The minimum absolute atomic E-state index is 0.0282. The third kappa shape index (κ3) is 6.29. The molecular weight excluding hydrogens is 872 g/mol. The van der Waals surface area contributed by atoms with Crippen LogP contribution in [0.2, 0.25) is 0 Å². The zero-order valence-corrected chi connectivity index (χ0v) is 44.7. The first-order chi connectivity index (χ1) is 34.1. The van der Waals surface area contributed by atoms with E-state index in [9.17, 15) is 0 Å². The van der Waals surface area contributed by atoms with Crippen LogP contribution in [0, 0.1) is 13.8 Å². The smallest absolute Gasteiger partial charge is 0.333 e. The average molecular weight is 939 g/mol. The molecule has 8 aromatic carbocycles. The summed E-state index contributed by atoms with van der Waals surface area (Å²) in [6.45, 7) is 30.9. The summed E-state index contributed by atoms with van der Waals surface area (Å²) in [5, 5.41) is 0. The summed E-state index contributed by atoms with van der Waals surface area (Å²) in [5.41, 5.74) is 28.0. The standard InChI is InChI=1S/C68H67BN2O/c1-40-31-48-47-35-46-44-23-17-18-24-49(44)67(10,11)51(46)37-58(47)71(56-28-27-43(64(3,4)5)34-45(56)42-21-15-14-16-22-42)69-55-36-54-62(72-61-26-20-19-25-50(61)68(54,12)13)39-59(55)70(60(32-40)63(48)69)57-38-53-52(33-41(57)2)65(6,7)29-30-66(53,8)9/h14-28,31-39H,29-30H2,1-13H3. The number of benzene rings is 8. The van der Waals surface area contributed by atoms with Gasteiger partial charge in [-0.15, -0.1) is 0 Å². The maximum absolute atomic E-state index is 7.12. The van der Waals surface area contributed by atoms with E-state index in [4.69, 9.17) is 4.74 Å². The first kappa shape index (κ1) is 45.1. The molecule has 0 N–H and O–H groups in total. The van der Waals surface area contributed by atoms with Crippen molar-refractivity contribution in [2.75, 3.05) is 9.71 Å². The van der Waals surface area contributed by atoms with Gasteiger partial charge in [0.05, 0.1) is 0 Å². The Kier molecular flexibility index (Phi) is 9.34. The molecule has 3 nitrogen and oxygen atoms in total. The van der Waals surface area contributed by atoms with E-state index in [1.807, 2.05) is 0 Å². The van der Waals surface area contributed by atoms with Crippen LogP contribution in [0.3, 0.4) is 0 Å². The van der Waals surface area contributed by atoms with E-state index >= 15 is 0 Å². The Bertz CT molecular complexity index is 3640. The topological polar surface area (TPSA) is 15.7 Å². The molecule has 358 valence electrons. The van der Waals surface area contributed by atoms with Crippen LogP contribution in [0.4, 0.5) is 28.4 Å². The van der Waals surface area contributed by atoms with Crippen LogP contribution in [-0.2, 0) is 27.1 Å². The molecular formula is C68H67BN2O. The molecule has 0 amide bonds. The highest BCUT2D eigenvalue weighted by Crippen LogP contribution is 2.58. The van der Waals surface area contributed by atoms with Gasteiger partial charge in [0, 0.05) is 67.6 Å². The number of hydrogen-bond donors (Lipinski definition) is 0. The van der Waals surface area contributed by atoms with Gasteiger partial charge in [0.1, 0.15) is 11.5 Å². The first-order valence-corrected chi connectivity index (χ1v) is 26.5. The van der Waals surface area contributed by atoms with Crippen LogP contribution in [0.15, 0.2) is 146 Å². The van der Waals surface area contributed by atoms with Gasteiger partial charge in [0.25, 0.3) is 0 Å². The molecule has 0 aromatic heterocycles. The minimum Gasteiger partial charge on any atom is -0.457 e. The second-order valence-corrected chi connectivity index (χ2v) is 25.4. The van der Waals surface area contributed by atoms with Crippen LogP contribution >= 0.6 is 0 Å². The van der Waals surface area contributed by atoms with E-state index < -0.39 is 0 Å². The molecule has 8 aromatic rings. The largest absolute Gasteiger partial charge is 0.457 e. The number of aryl methyl sites for hydroxylation is 2. The Morgan fingerprint density at radius 1 is 0.458 bits per heavy atom. The number of fused-ring (bicyclic) bond motifs is 10. The van der Waals surface area contributed by atoms with Crippen molar-refractivity contribution in [3.8, 4) is 44.9 Å². The zero-order valence-electron chi connectivity index (χ0n) is 44.7. The van der Waals surface area contributed by atoms with E-state index in [0.717, 1.165) is 17.9 Å². The highest BCUT2D eigenvalue weighted by Gasteiger charge is 2.50. The Morgan fingerprint density at radius 3 is 1.85 bits per heavy atom. The van der Waals surface area contributed by atoms with Crippen LogP contribution < -0.4 is 25.4 Å². The van der Waals surface area contributed by atoms with Crippen molar-refractivity contribution in [2.45, 2.75) is 130 Å². The van der Waals surface area contributed by atoms with E-state index in [1.54, 1.807) is 0 Å². The fraction of sp³-hybridized carbons (Fsp3) is 0.294. The number of anilines is 5. The molecule has 3 aliphatic heterocycles. The van der Waals surface area contributed by atoms with Crippen molar-refractivity contribution in [1.82, 2.24) is 0 Å². The Morgan fingerprint density at radius 2 is 1.11 bits per heavy atom. The Balaban J connectivity index is 1.18. The van der Waals surface area contributed by atoms with Gasteiger partial charge < -0.3 is 14.4 Å². The first-order valence-electron chi connectivity index (χ1n) is 26.5. The summed E-state index contributed by atoms with van der Waals surface area (Å²) >= 11 is 0. The summed E-state index contributed by atoms with van der Waals surface area (Å²) in [4.78, 5) is 5.42. The van der Waals surface area contributed by atoms with Gasteiger partial charge in [-0.3, -0.25) is 0 Å². The van der Waals surface area contributed by atoms with Gasteiger partial charge in [-0.2, -0.15) is 0 Å². The summed E-state index contributed by atoms with van der Waals surface area (Å²) in [6.07, 6.45) is 2.33. The summed E-state index contributed by atoms with van der Waals surface area (Å²) in [6, 6.07) is 56.5. The molecule has 72 heavy (non-hydrogen) atoms. The van der Waals surface area contributed by atoms with E-state index in [2.05, 4.69) is 245 Å². The van der Waals surface area contributed by atoms with E-state index in [1.165, 1.54) is 129 Å². The second kappa shape index (κ2) is 14.9. The summed E-state index contributed by atoms with van der Waals surface area (Å²) < 4.78 is 7.12. The molecule has 0 atom stereocenters. The SMILES string of the molecule is Cc1cc2c3c(c1)N(c1cc4c(cc1C)C(C)(C)CCC4(C)C)c1cc4c(cc1B3N(c1ccc(C(C)(C)C)cc1-c1ccccc1)c1cc3c(cc1-2)-c1ccccc1C3(C)C)C(C)(C)c1ccccc1O4. The Labute approximate surface area is 429 Å². The fourth-order valence-corrected chi connectivity index (χ4v) is 13.8. The molecule has 0 saturated carbocycles. The number of nitrogens with zero attached hydrogens (tertiary/aromatic N) is 2. The van der Waals surface area contributed by atoms with Gasteiger partial charge in [0.15, 0.2) is 0 Å². The molecule has 2 aliphatic carbocycles. The predicted molar refractivity (Wildman–Crippen MR) is 305 cm³/mol. The van der Waals surface area contributed by atoms with Crippen molar-refractivity contribution in [1.29, 1.82) is 0 Å². The lowest BCUT2D eigenvalue weighted by molar-refractivity contribution is 0.332. The van der Waals surface area contributed by atoms with Gasteiger partial charge in [0.2, 0.25) is 0 Å². The second-order valence-electron chi connectivity index (χ2n) is 25.4. The highest BCUT2D eigenvalue weighted by atomic mass is 16.5. The van der Waals surface area contributed by atoms with Gasteiger partial charge in [-0.05, 0) is 158 Å². The van der Waals surface area contributed by atoms with Crippen LogP contribution in [0.1, 0.15) is 139 Å². The van der Waals surface area contributed by atoms with Crippen LogP contribution in [0.25, 0.3) is 33.4 Å². The quantitative estimate of drug-likeness (QED) is 0.164. The van der Waals surface area contributed by atoms with Crippen molar-refractivity contribution in [3.05, 3.63) is 196 Å². The fourth-order valence-electron chi connectivity index (χ4n) is 13.8. The molecule has 3 heterocycles. The van der Waals surface area contributed by atoms with Gasteiger partial charge in [-0.25, -0.2) is 0 Å². The molecule has 0 fully saturated rings. The number of para-hydroxylation sites is 1. The van der Waals surface area contributed by atoms with Crippen LogP contribution in [0.5, 0.6) is 11.5 Å². The van der Waals surface area contributed by atoms with Gasteiger partial charge in [-0.1, -0.05) is 173 Å². The lowest BCUT2D eigenvalue weighted by Crippen LogP contribution is -2.62. The van der Waals surface area contributed by atoms with Crippen molar-refractivity contribution < 1.29 is 4.74 Å². The lowest BCUT2D eigenvalue weighted by atomic mass is 9.42. The maximum Gasteiger partial charge on any atom is 0.333 e. The Hall–Kier alpha value is -6.78. The molecule has 5 aliphatic rings. The lowest BCUT2D eigenvalue weighted by Gasteiger charge is -2.48. The zero-order chi connectivity index (χ0) is 50.2. The van der Waals surface area contributed by atoms with Crippen LogP contribution in [-0.4, -0.2) is 6.85 Å². The number of ether oxygens (including phenoxy) is 1. The van der Waals surface area contributed by atoms with Crippen molar-refractivity contribution >= 4 is 46.2 Å². The number of rotatable bonds is 3. The molecule has 0 radical (unpaired) electrons. The third-order valence-corrected chi connectivity index (χ3v) is 18.1. The maximum atomic E-state index is 7.12. The normalized spacial score (nSPS) is 17.6. The van der Waals surface area contributed by atoms with Crippen molar-refractivity contribution in [3.63, 3.8) is 0 Å². The van der Waals surface area contributed by atoms with Gasteiger partial charge >= 0.3 is 6.85 Å². The number of hydrogen-bond acceptors (Lipinski definition) is 3. The molecule has 0 bridgehead atoms. The van der Waals surface area contributed by atoms with E-state index in [0.29, 0.717) is 0 Å². The van der Waals surface area contributed by atoms with E-state index in [-0.39, 0.29) is 33.9 Å². The average Bonchev–Trinajstić information content (AvgIpc) is 3.57. The summed E-state index contributed by atoms with van der Waals surface area (Å²) in [7, 11) is 0. The minimum atomic E-state index is -0.324. The predicted octanol–water partition coefficient (Wildman–Crippen LogP) is 17.1. The highest BCUT2D eigenvalue weighted by molar-refractivity contribution is 6.93. The molecule has 13 rings (SSSR count). The molecule has 4 heteroatoms. The molecule has 0 unspecified atom stereocenters.